The van der Waals surface area contributed by atoms with E-state index in [2.05, 4.69) is 27.3 Å². The Morgan fingerprint density at radius 2 is 1.05 bits per heavy atom. The standard InChI is InChI=1S/C24H28N4O4.C16H22O4S.C15H14N4O3.C13H16O4S.C3H5.BrH.Mg/c1-15-4-3-5-21(28(15)31)23(29)25-20-12-16-14-27(26-19(16)13-22(20)32-2)18-8-10-24(30,11-9-18)17-6-7-17;1-12-2-6-15(7-3-12)21(18,19)20-14-8-10-16(17,11-9-14)13-4-5-13;1-9-4-3-5-13(19(9)21)15(20)17-12-6-10-8-16-18-11(10)7-14(12)22-2;1-10-2-8-13(9-3-10)18(15,16)17-12-6-4-11(14)5-7-12;1-2-3-1;;/h3-5,12-14,17-18,30H,6-11H2,1-2H3,(H,25,29);2-3,6-7,13-14,17H,4-5,8-11H2,1H3;3-8H,1-2H3,(H,16,18)(H,17,20);2-3,8-9,12H,4-7H2,1H3;1H,2-3H2;1H;/q;;;;-1;;+2/p-1. The van der Waals surface area contributed by atoms with Gasteiger partial charge in [0.15, 0.2) is 11.4 Å². The van der Waals surface area contributed by atoms with Crippen LogP contribution in [0.1, 0.15) is 165 Å². The van der Waals surface area contributed by atoms with Crippen LogP contribution >= 0.6 is 0 Å². The smallest absolute Gasteiger partial charge is 1.00 e. The number of benzene rings is 4. The number of Topliss-reactive ketones (excluding diaryl/α,β-unsaturated/α-hetero) is 1. The minimum Gasteiger partial charge on any atom is -1.00 e. The predicted molar refractivity (Wildman–Crippen MR) is 366 cm³/mol. The van der Waals surface area contributed by atoms with E-state index in [4.69, 9.17) is 22.9 Å². The molecule has 8 aromatic rings. The monoisotopic (exact) mass is 1460 g/mol. The fourth-order valence-corrected chi connectivity index (χ4v) is 14.4. The molecule has 27 heteroatoms. The average Bonchev–Trinajstić information content (AvgIpc) is 1.62. The molecular weight excluding hydrogens is 1370 g/mol. The van der Waals surface area contributed by atoms with Gasteiger partial charge in [-0.25, -0.2) is 12.8 Å². The molecule has 2 amide bonds. The molecule has 4 aromatic heterocycles. The second kappa shape index (κ2) is 33.4. The first-order valence-electron chi connectivity index (χ1n) is 32.7. The summed E-state index contributed by atoms with van der Waals surface area (Å²) in [5.41, 5.74) is 4.42. The van der Waals surface area contributed by atoms with Gasteiger partial charge in [-0.05, 0) is 164 Å². The van der Waals surface area contributed by atoms with E-state index in [9.17, 15) is 51.8 Å². The first-order chi connectivity index (χ1) is 45.8. The maximum atomic E-state index is 12.7. The number of ketones is 1. The molecule has 0 bridgehead atoms. The van der Waals surface area contributed by atoms with Crippen molar-refractivity contribution in [2.24, 2.45) is 11.8 Å². The van der Waals surface area contributed by atoms with Crippen LogP contribution in [0.25, 0.3) is 21.8 Å². The van der Waals surface area contributed by atoms with Crippen LogP contribution in [0.15, 0.2) is 131 Å². The number of aromatic nitrogens is 6. The number of aliphatic hydroxyl groups is 2. The van der Waals surface area contributed by atoms with E-state index in [0.717, 1.165) is 84.3 Å². The molecule has 0 saturated heterocycles. The number of carbonyl (C=O) groups is 3. The predicted octanol–water partition coefficient (Wildman–Crippen LogP) is 7.86. The summed E-state index contributed by atoms with van der Waals surface area (Å²) in [6.07, 6.45) is 20.2. The second-order valence-electron chi connectivity index (χ2n) is 25.8. The number of rotatable bonds is 15. The zero-order valence-electron chi connectivity index (χ0n) is 56.1. The van der Waals surface area contributed by atoms with Crippen LogP contribution in [-0.2, 0) is 33.4 Å². The van der Waals surface area contributed by atoms with Gasteiger partial charge in [-0.1, -0.05) is 35.4 Å². The van der Waals surface area contributed by atoms with Gasteiger partial charge in [0.25, 0.3) is 31.6 Å². The van der Waals surface area contributed by atoms with Gasteiger partial charge in [0, 0.05) is 80.1 Å². The zero-order valence-corrected chi connectivity index (χ0v) is 60.7. The van der Waals surface area contributed by atoms with Crippen LogP contribution < -0.4 is 46.5 Å². The number of anilines is 2. The molecular formula is C71H85BrMgN8O15S2. The molecule has 0 spiro atoms. The molecule has 6 aliphatic rings. The molecule has 4 aromatic carbocycles. The number of fused-ring (bicyclic) bond motifs is 2. The van der Waals surface area contributed by atoms with Crippen LogP contribution in [0.2, 0.25) is 0 Å². The van der Waals surface area contributed by atoms with Crippen molar-refractivity contribution in [3.05, 3.63) is 172 Å². The summed E-state index contributed by atoms with van der Waals surface area (Å²) in [5, 5.41) is 64.2. The van der Waals surface area contributed by atoms with Crippen LogP contribution in [0, 0.1) is 56.4 Å². The molecule has 6 saturated carbocycles. The fourth-order valence-electron chi connectivity index (χ4n) is 12.2. The Morgan fingerprint density at radius 1 is 0.622 bits per heavy atom. The number of hydrogen-bond donors (Lipinski definition) is 5. The first kappa shape index (κ1) is 76.7. The molecule has 6 aliphatic carbocycles. The first-order valence-corrected chi connectivity index (χ1v) is 35.5. The summed E-state index contributed by atoms with van der Waals surface area (Å²) in [4.78, 5) is 36.5. The molecule has 6 fully saturated rings. The van der Waals surface area contributed by atoms with E-state index in [0.29, 0.717) is 107 Å². The molecule has 98 heavy (non-hydrogen) atoms. The van der Waals surface area contributed by atoms with Crippen LogP contribution in [0.3, 0.4) is 0 Å². The molecule has 14 rings (SSSR count). The molecule has 0 radical (unpaired) electrons. The minimum atomic E-state index is -3.71. The van der Waals surface area contributed by atoms with E-state index in [-0.39, 0.29) is 85.2 Å². The van der Waals surface area contributed by atoms with E-state index in [1.54, 1.807) is 111 Å². The Balaban J connectivity index is 0.000000167. The number of H-pyrrole nitrogens is 1. The number of amides is 2. The quantitative estimate of drug-likeness (QED) is 0.0214. The number of aryl methyl sites for hydroxylation is 4. The summed E-state index contributed by atoms with van der Waals surface area (Å²) in [5.74, 6) is 1.05. The van der Waals surface area contributed by atoms with Gasteiger partial charge in [-0.2, -0.15) is 36.5 Å². The van der Waals surface area contributed by atoms with Gasteiger partial charge >= 0.3 is 34.9 Å². The third-order valence-corrected chi connectivity index (χ3v) is 21.2. The molecule has 23 nitrogen and oxygen atoms in total. The van der Waals surface area contributed by atoms with Crippen molar-refractivity contribution >= 4 is 94.1 Å². The van der Waals surface area contributed by atoms with Crippen molar-refractivity contribution < 1.29 is 85.7 Å². The zero-order chi connectivity index (χ0) is 68.5. The van der Waals surface area contributed by atoms with Gasteiger partial charge in [0.1, 0.15) is 17.3 Å². The van der Waals surface area contributed by atoms with Crippen molar-refractivity contribution in [1.82, 2.24) is 20.0 Å². The number of ether oxygens (including phenoxy) is 2. The van der Waals surface area contributed by atoms with Gasteiger partial charge in [0.05, 0.1) is 82.1 Å². The Kier molecular flexibility index (Phi) is 26.1. The number of carbonyl (C=O) groups excluding carboxylic acids is 3. The Hall–Kier alpha value is -7.08. The Morgan fingerprint density at radius 3 is 1.49 bits per heavy atom. The SMILES string of the molecule is COc1cc2[nH]ncc2cc1NC(=O)c1cccc(C)[n+]1[O-].COc1cc2nn(C3CCC(O)(C4CC4)CC3)cc2cc1NC(=O)c1cccc(C)[n+]1[O-].Cc1ccc(S(=O)(=O)OC2CCC(=O)CC2)cc1.Cc1ccc(S(=O)(=O)OC2CCC(O)(C3CC3)CC2)cc1.[Br-].[CH-]1CC1.[Mg+2]. The number of methoxy groups -OCH3 is 2. The van der Waals surface area contributed by atoms with Gasteiger partial charge < -0.3 is 64.1 Å². The molecule has 4 heterocycles. The molecule has 0 unspecified atom stereocenters. The average molecular weight is 1460 g/mol. The molecule has 0 atom stereocenters. The van der Waals surface area contributed by atoms with E-state index in [1.165, 1.54) is 39.2 Å². The molecule has 520 valence electrons. The maximum absolute atomic E-state index is 12.7. The normalized spacial score (nSPS) is 20.5. The third-order valence-electron chi connectivity index (χ3n) is 18.4. The maximum Gasteiger partial charge on any atom is 2.00 e. The van der Waals surface area contributed by atoms with Crippen LogP contribution in [0.5, 0.6) is 11.5 Å². The summed E-state index contributed by atoms with van der Waals surface area (Å²) in [6.45, 7) is 7.10. The molecule has 5 N–H and O–H groups in total. The number of nitrogens with one attached hydrogen (secondary N) is 3. The van der Waals surface area contributed by atoms with Crippen molar-refractivity contribution in [3.63, 3.8) is 0 Å². The number of aromatic amines is 1. The minimum absolute atomic E-state index is 0. The number of pyridine rings is 2. The third kappa shape index (κ3) is 19.9. The second-order valence-corrected chi connectivity index (χ2v) is 29.0. The Bertz CT molecular complexity index is 4290. The molecule has 0 aliphatic heterocycles. The summed E-state index contributed by atoms with van der Waals surface area (Å²) in [7, 11) is -4.36. The Labute approximate surface area is 598 Å². The van der Waals surface area contributed by atoms with Crippen molar-refractivity contribution in [2.75, 3.05) is 24.9 Å². The van der Waals surface area contributed by atoms with Gasteiger partial charge in [-0.15, -0.1) is 0 Å². The summed E-state index contributed by atoms with van der Waals surface area (Å²) in [6, 6.07) is 30.2. The number of nitrogens with zero attached hydrogens (tertiary/aromatic N) is 5. The van der Waals surface area contributed by atoms with Crippen LogP contribution in [-0.4, -0.2) is 125 Å². The topological polar surface area (TPSA) is 321 Å². The van der Waals surface area contributed by atoms with Crippen molar-refractivity contribution in [2.45, 2.75) is 183 Å². The van der Waals surface area contributed by atoms with Gasteiger partial charge in [0.2, 0.25) is 0 Å². The van der Waals surface area contributed by atoms with E-state index in [1.807, 2.05) is 30.8 Å². The van der Waals surface area contributed by atoms with Crippen molar-refractivity contribution in [3.8, 4) is 11.5 Å². The largest absolute Gasteiger partial charge is 2.00 e. The van der Waals surface area contributed by atoms with E-state index >= 15 is 0 Å². The van der Waals surface area contributed by atoms with Crippen LogP contribution in [0.4, 0.5) is 11.4 Å². The number of hydrogen-bond acceptors (Lipinski definition) is 17. The van der Waals surface area contributed by atoms with E-state index < -0.39 is 43.3 Å². The summed E-state index contributed by atoms with van der Waals surface area (Å²) >= 11 is 0. The summed E-state index contributed by atoms with van der Waals surface area (Å²) < 4.78 is 72.9. The fraction of sp³-hybridized carbons (Fsp3) is 0.437. The van der Waals surface area contributed by atoms with Crippen molar-refractivity contribution in [1.29, 1.82) is 0 Å². The van der Waals surface area contributed by atoms with Gasteiger partial charge in [-0.3, -0.25) is 32.5 Å². The number of halogens is 1.